The highest BCUT2D eigenvalue weighted by Crippen LogP contribution is 2.32. The first-order valence-corrected chi connectivity index (χ1v) is 6.30. The Hall–Kier alpha value is -2.23. The van der Waals surface area contributed by atoms with Crippen molar-refractivity contribution in [3.8, 4) is 5.75 Å². The van der Waals surface area contributed by atoms with E-state index in [1.54, 1.807) is 39.0 Å². The zero-order valence-electron chi connectivity index (χ0n) is 11.9. The van der Waals surface area contributed by atoms with Gasteiger partial charge in [0.05, 0.1) is 18.2 Å². The van der Waals surface area contributed by atoms with Gasteiger partial charge in [-0.1, -0.05) is 32.9 Å². The van der Waals surface area contributed by atoms with Crippen molar-refractivity contribution in [2.45, 2.75) is 20.8 Å². The molecule has 104 valence electrons. The van der Waals surface area contributed by atoms with E-state index in [0.29, 0.717) is 5.75 Å². The summed E-state index contributed by atoms with van der Waals surface area (Å²) >= 11 is 0. The average Bonchev–Trinajstić information content (AvgIpc) is 2.40. The Morgan fingerprint density at radius 2 is 1.80 bits per heavy atom. The van der Waals surface area contributed by atoms with Crippen molar-refractivity contribution in [3.63, 3.8) is 0 Å². The second-order valence-corrected chi connectivity index (χ2v) is 5.71. The Labute approximate surface area is 117 Å². The molecule has 4 heteroatoms. The number of ketones is 3. The van der Waals surface area contributed by atoms with Crippen molar-refractivity contribution >= 4 is 17.3 Å². The molecule has 1 aromatic rings. The molecule has 0 amide bonds. The standard InChI is InChI=1S/C16H16O4/c1-16(2,3)15(19)10-8-11(17)13-9(14(10)18)6-5-7-12(13)20-4/h5-8H,1-4H3. The monoisotopic (exact) mass is 272 g/mol. The van der Waals surface area contributed by atoms with Gasteiger partial charge in [-0.15, -0.1) is 0 Å². The molecule has 20 heavy (non-hydrogen) atoms. The van der Waals surface area contributed by atoms with Gasteiger partial charge in [0, 0.05) is 17.1 Å². The van der Waals surface area contributed by atoms with E-state index in [1.807, 2.05) is 0 Å². The van der Waals surface area contributed by atoms with Gasteiger partial charge in [-0.2, -0.15) is 0 Å². The fourth-order valence-electron chi connectivity index (χ4n) is 2.13. The van der Waals surface area contributed by atoms with Crippen LogP contribution in [0.15, 0.2) is 29.8 Å². The van der Waals surface area contributed by atoms with Crippen LogP contribution in [0, 0.1) is 5.41 Å². The van der Waals surface area contributed by atoms with Crippen LogP contribution in [0.4, 0.5) is 0 Å². The maximum absolute atomic E-state index is 12.4. The number of hydrogen-bond acceptors (Lipinski definition) is 4. The lowest BCUT2D eigenvalue weighted by Crippen LogP contribution is -2.30. The lowest BCUT2D eigenvalue weighted by Gasteiger charge is -2.22. The highest BCUT2D eigenvalue weighted by Gasteiger charge is 2.35. The van der Waals surface area contributed by atoms with E-state index in [1.165, 1.54) is 7.11 Å². The van der Waals surface area contributed by atoms with Gasteiger partial charge in [-0.3, -0.25) is 14.4 Å². The van der Waals surface area contributed by atoms with Crippen LogP contribution in [-0.2, 0) is 4.79 Å². The van der Waals surface area contributed by atoms with Crippen LogP contribution in [0.5, 0.6) is 5.75 Å². The van der Waals surface area contributed by atoms with E-state index in [4.69, 9.17) is 4.74 Å². The first kappa shape index (κ1) is 14.2. The van der Waals surface area contributed by atoms with Crippen molar-refractivity contribution < 1.29 is 19.1 Å². The number of carbonyl (C=O) groups is 3. The molecule has 1 aliphatic rings. The molecular formula is C16H16O4. The molecule has 0 saturated carbocycles. The second-order valence-electron chi connectivity index (χ2n) is 5.71. The topological polar surface area (TPSA) is 60.4 Å². The van der Waals surface area contributed by atoms with Crippen LogP contribution in [-0.4, -0.2) is 24.5 Å². The summed E-state index contributed by atoms with van der Waals surface area (Å²) in [5, 5.41) is 0. The molecule has 0 fully saturated rings. The molecule has 0 heterocycles. The smallest absolute Gasteiger partial charge is 0.197 e. The van der Waals surface area contributed by atoms with Crippen molar-refractivity contribution in [2.24, 2.45) is 5.41 Å². The molecule has 0 atom stereocenters. The molecule has 0 aliphatic heterocycles. The lowest BCUT2D eigenvalue weighted by atomic mass is 9.79. The average molecular weight is 272 g/mol. The lowest BCUT2D eigenvalue weighted by molar-refractivity contribution is -0.122. The fourth-order valence-corrected chi connectivity index (χ4v) is 2.13. The second kappa shape index (κ2) is 4.71. The third kappa shape index (κ3) is 2.18. The van der Waals surface area contributed by atoms with Crippen LogP contribution in [0.2, 0.25) is 0 Å². The van der Waals surface area contributed by atoms with Gasteiger partial charge in [-0.05, 0) is 6.07 Å². The number of Topliss-reactive ketones (excluding diaryl/α,β-unsaturated/α-hetero) is 2. The predicted octanol–water partition coefficient (Wildman–Crippen LogP) is 2.62. The van der Waals surface area contributed by atoms with Gasteiger partial charge in [0.25, 0.3) is 0 Å². The van der Waals surface area contributed by atoms with Crippen LogP contribution in [0.1, 0.15) is 41.5 Å². The van der Waals surface area contributed by atoms with Gasteiger partial charge in [0.15, 0.2) is 17.3 Å². The van der Waals surface area contributed by atoms with E-state index >= 15 is 0 Å². The third-order valence-corrected chi connectivity index (χ3v) is 3.18. The number of carbonyl (C=O) groups excluding carboxylic acids is 3. The molecule has 0 saturated heterocycles. The maximum atomic E-state index is 12.4. The molecule has 0 radical (unpaired) electrons. The Balaban J connectivity index is 2.59. The minimum atomic E-state index is -0.710. The van der Waals surface area contributed by atoms with Crippen molar-refractivity contribution in [1.29, 1.82) is 0 Å². The van der Waals surface area contributed by atoms with Gasteiger partial charge < -0.3 is 4.74 Å². The van der Waals surface area contributed by atoms with E-state index in [9.17, 15) is 14.4 Å². The summed E-state index contributed by atoms with van der Waals surface area (Å²) in [6.07, 6.45) is 1.13. The number of hydrogen-bond donors (Lipinski definition) is 0. The Bertz CT molecular complexity index is 645. The number of methoxy groups -OCH3 is 1. The molecule has 0 N–H and O–H groups in total. The summed E-state index contributed by atoms with van der Waals surface area (Å²) in [6, 6.07) is 4.79. The number of ether oxygens (including phenoxy) is 1. The highest BCUT2D eigenvalue weighted by atomic mass is 16.5. The van der Waals surface area contributed by atoms with Crippen molar-refractivity contribution in [2.75, 3.05) is 7.11 Å². The molecule has 0 aromatic heterocycles. The van der Waals surface area contributed by atoms with Gasteiger partial charge in [0.1, 0.15) is 5.75 Å². The minimum Gasteiger partial charge on any atom is -0.496 e. The largest absolute Gasteiger partial charge is 0.496 e. The Kier molecular flexibility index (Phi) is 3.34. The Morgan fingerprint density at radius 3 is 2.35 bits per heavy atom. The number of benzene rings is 1. The van der Waals surface area contributed by atoms with E-state index in [0.717, 1.165) is 6.08 Å². The zero-order valence-corrected chi connectivity index (χ0v) is 11.9. The van der Waals surface area contributed by atoms with Gasteiger partial charge in [-0.25, -0.2) is 0 Å². The minimum absolute atomic E-state index is 0.0525. The van der Waals surface area contributed by atoms with Crippen molar-refractivity contribution in [3.05, 3.63) is 41.0 Å². The molecule has 1 aliphatic carbocycles. The van der Waals surface area contributed by atoms with E-state index < -0.39 is 11.2 Å². The van der Waals surface area contributed by atoms with E-state index in [-0.39, 0.29) is 28.3 Å². The molecule has 4 nitrogen and oxygen atoms in total. The van der Waals surface area contributed by atoms with Crippen LogP contribution in [0.3, 0.4) is 0 Å². The molecule has 1 aromatic carbocycles. The molecular weight excluding hydrogens is 256 g/mol. The summed E-state index contributed by atoms with van der Waals surface area (Å²) in [6.45, 7) is 5.15. The van der Waals surface area contributed by atoms with Gasteiger partial charge in [0.2, 0.25) is 0 Å². The molecule has 0 bridgehead atoms. The SMILES string of the molecule is COc1cccc2c1C(=O)C=C(C(=O)C(C)(C)C)C2=O. The van der Waals surface area contributed by atoms with Crippen molar-refractivity contribution in [1.82, 2.24) is 0 Å². The number of rotatable bonds is 2. The van der Waals surface area contributed by atoms with Crippen LogP contribution < -0.4 is 4.74 Å². The predicted molar refractivity (Wildman–Crippen MR) is 74.2 cm³/mol. The molecule has 0 spiro atoms. The molecule has 0 unspecified atom stereocenters. The quantitative estimate of drug-likeness (QED) is 0.776. The summed E-state index contributed by atoms with van der Waals surface area (Å²) in [7, 11) is 1.44. The Morgan fingerprint density at radius 1 is 1.15 bits per heavy atom. The summed E-state index contributed by atoms with van der Waals surface area (Å²) in [4.78, 5) is 36.9. The first-order chi connectivity index (χ1) is 9.27. The highest BCUT2D eigenvalue weighted by molar-refractivity contribution is 6.36. The third-order valence-electron chi connectivity index (χ3n) is 3.18. The zero-order chi connectivity index (χ0) is 15.1. The number of allylic oxidation sites excluding steroid dienone is 2. The fraction of sp³-hybridized carbons (Fsp3) is 0.312. The molecule has 2 rings (SSSR count). The first-order valence-electron chi connectivity index (χ1n) is 6.30. The summed E-state index contributed by atoms with van der Waals surface area (Å²) in [5.74, 6) is -0.772. The number of fused-ring (bicyclic) bond motifs is 1. The normalized spacial score (nSPS) is 14.7. The van der Waals surface area contributed by atoms with Crippen LogP contribution in [0.25, 0.3) is 0 Å². The maximum Gasteiger partial charge on any atom is 0.197 e. The van der Waals surface area contributed by atoms with Crippen LogP contribution >= 0.6 is 0 Å². The van der Waals surface area contributed by atoms with E-state index in [2.05, 4.69) is 0 Å². The summed E-state index contributed by atoms with van der Waals surface area (Å²) in [5.41, 5.74) is -0.309. The summed E-state index contributed by atoms with van der Waals surface area (Å²) < 4.78 is 5.11. The van der Waals surface area contributed by atoms with Gasteiger partial charge >= 0.3 is 0 Å².